The number of ether oxygens (including phenoxy) is 3. The second-order valence-electron chi connectivity index (χ2n) is 10.2. The van der Waals surface area contributed by atoms with Gasteiger partial charge in [-0.05, 0) is 30.2 Å². The van der Waals surface area contributed by atoms with Gasteiger partial charge in [0.2, 0.25) is 11.5 Å². The smallest absolute Gasteiger partial charge is 0.350 e. The number of para-hydroxylation sites is 1. The van der Waals surface area contributed by atoms with E-state index in [4.69, 9.17) is 36.5 Å². The van der Waals surface area contributed by atoms with E-state index >= 15 is 0 Å². The lowest BCUT2D eigenvalue weighted by atomic mass is 10.1. The zero-order chi connectivity index (χ0) is 29.0. The van der Waals surface area contributed by atoms with Gasteiger partial charge in [0.15, 0.2) is 5.82 Å². The summed E-state index contributed by atoms with van der Waals surface area (Å²) in [6, 6.07) is 15.3. The van der Waals surface area contributed by atoms with Gasteiger partial charge in [0.1, 0.15) is 23.0 Å². The first kappa shape index (κ1) is 28.6. The number of hydrogen-bond acceptors (Lipinski definition) is 8. The number of nitrogens with zero attached hydrogens (tertiary/aromatic N) is 4. The summed E-state index contributed by atoms with van der Waals surface area (Å²) in [4.78, 5) is 36.1. The summed E-state index contributed by atoms with van der Waals surface area (Å²) in [6.45, 7) is 1.96. The number of anilines is 1. The van der Waals surface area contributed by atoms with E-state index < -0.39 is 5.60 Å². The molecular formula is C30H34ClN5O5. The molecule has 41 heavy (non-hydrogen) atoms. The van der Waals surface area contributed by atoms with Gasteiger partial charge in [-0.15, -0.1) is 11.6 Å². The van der Waals surface area contributed by atoms with E-state index in [1.54, 1.807) is 18.1 Å². The number of pyridine rings is 1. The van der Waals surface area contributed by atoms with Crippen LogP contribution in [0.5, 0.6) is 5.75 Å². The van der Waals surface area contributed by atoms with Gasteiger partial charge >= 0.3 is 5.97 Å². The molecule has 2 aromatic carbocycles. The van der Waals surface area contributed by atoms with Gasteiger partial charge in [0, 0.05) is 51.4 Å². The number of carbonyl (C=O) groups is 2. The van der Waals surface area contributed by atoms with Crippen LogP contribution in [0, 0.1) is 0 Å². The van der Waals surface area contributed by atoms with E-state index in [1.807, 2.05) is 42.5 Å². The molecule has 10 nitrogen and oxygen atoms in total. The highest BCUT2D eigenvalue weighted by Gasteiger charge is 2.54. The minimum Gasteiger partial charge on any atom is -0.476 e. The van der Waals surface area contributed by atoms with Crippen LogP contribution in [-0.4, -0.2) is 70.2 Å². The quantitative estimate of drug-likeness (QED) is 0.186. The number of benzene rings is 2. The van der Waals surface area contributed by atoms with E-state index in [-0.39, 0.29) is 17.8 Å². The highest BCUT2D eigenvalue weighted by atomic mass is 35.5. The van der Waals surface area contributed by atoms with Crippen molar-refractivity contribution in [3.05, 3.63) is 59.9 Å². The summed E-state index contributed by atoms with van der Waals surface area (Å²) in [6.07, 6.45) is 2.51. The van der Waals surface area contributed by atoms with Crippen LogP contribution in [0.15, 0.2) is 48.5 Å². The lowest BCUT2D eigenvalue weighted by Gasteiger charge is -2.23. The third-order valence-corrected chi connectivity index (χ3v) is 7.57. The second-order valence-corrected chi connectivity index (χ2v) is 10.4. The Hall–Kier alpha value is -3.89. The number of nitrogen functional groups attached to an aromatic ring is 1. The van der Waals surface area contributed by atoms with Crippen LogP contribution in [-0.2, 0) is 38.6 Å². The van der Waals surface area contributed by atoms with Crippen LogP contribution in [0.4, 0.5) is 5.82 Å². The lowest BCUT2D eigenvalue weighted by molar-refractivity contribution is -0.151. The third kappa shape index (κ3) is 6.08. The van der Waals surface area contributed by atoms with Crippen LogP contribution >= 0.6 is 11.6 Å². The van der Waals surface area contributed by atoms with E-state index in [9.17, 15) is 9.59 Å². The zero-order valence-electron chi connectivity index (χ0n) is 23.3. The Labute approximate surface area is 243 Å². The van der Waals surface area contributed by atoms with E-state index in [0.29, 0.717) is 69.0 Å². The minimum atomic E-state index is -0.907. The summed E-state index contributed by atoms with van der Waals surface area (Å²) in [5.41, 5.74) is 8.68. The van der Waals surface area contributed by atoms with Gasteiger partial charge in [-0.25, -0.2) is 14.8 Å². The van der Waals surface area contributed by atoms with Crippen LogP contribution in [0.2, 0.25) is 0 Å². The number of imidazole rings is 1. The van der Waals surface area contributed by atoms with Crippen molar-refractivity contribution in [3.63, 3.8) is 0 Å². The Morgan fingerprint density at radius 2 is 1.93 bits per heavy atom. The predicted molar refractivity (Wildman–Crippen MR) is 157 cm³/mol. The summed E-state index contributed by atoms with van der Waals surface area (Å²) in [5, 5.41) is 0.971. The molecule has 0 atom stereocenters. The number of halogens is 1. The molecule has 1 aliphatic rings. The molecule has 1 amide bonds. The first-order valence-corrected chi connectivity index (χ1v) is 14.1. The molecule has 0 saturated heterocycles. The molecule has 0 bridgehead atoms. The number of aryl methyl sites for hydroxylation is 1. The first-order valence-electron chi connectivity index (χ1n) is 13.6. The van der Waals surface area contributed by atoms with Gasteiger partial charge < -0.3 is 29.4 Å². The number of aromatic nitrogens is 3. The molecule has 2 heterocycles. The zero-order valence-corrected chi connectivity index (χ0v) is 24.0. The van der Waals surface area contributed by atoms with Crippen molar-refractivity contribution >= 4 is 51.2 Å². The van der Waals surface area contributed by atoms with Crippen LogP contribution in [0.25, 0.3) is 21.9 Å². The average molecular weight is 580 g/mol. The number of methoxy groups -OCH3 is 2. The van der Waals surface area contributed by atoms with Crippen LogP contribution in [0.1, 0.15) is 30.7 Å². The second kappa shape index (κ2) is 12.3. The molecule has 216 valence electrons. The van der Waals surface area contributed by atoms with E-state index in [0.717, 1.165) is 27.8 Å². The molecule has 0 unspecified atom stereocenters. The number of nitrogens with two attached hydrogens (primary N) is 1. The standard InChI is InChI=1S/C30H34ClN5O5/c1-39-16-11-24-34-26-27(22-9-3-4-10-23(22)33-28(26)32)36(24)15-6-14-35(25(37)18-31)19-20-7-5-8-21(17-20)41-30(12-13-30)29(38)40-2/h3-5,7-10,17H,6,11-16,18-19H2,1-2H3,(H2,32,33). The molecule has 1 fully saturated rings. The van der Waals surface area contributed by atoms with Crippen molar-refractivity contribution in [2.24, 2.45) is 0 Å². The number of alkyl halides is 1. The fraction of sp³-hybridized carbons (Fsp3) is 0.400. The number of esters is 1. The molecule has 0 radical (unpaired) electrons. The fourth-order valence-corrected chi connectivity index (χ4v) is 5.30. The van der Waals surface area contributed by atoms with Gasteiger partial charge in [-0.3, -0.25) is 4.79 Å². The maximum atomic E-state index is 12.8. The largest absolute Gasteiger partial charge is 0.476 e. The lowest BCUT2D eigenvalue weighted by Crippen LogP contribution is -2.33. The highest BCUT2D eigenvalue weighted by molar-refractivity contribution is 6.27. The Morgan fingerprint density at radius 1 is 1.12 bits per heavy atom. The van der Waals surface area contributed by atoms with E-state index in [1.165, 1.54) is 7.11 Å². The molecule has 0 spiro atoms. The third-order valence-electron chi connectivity index (χ3n) is 7.34. The molecular weight excluding hydrogens is 546 g/mol. The SMILES string of the molecule is COCCc1nc2c(N)nc3ccccc3c2n1CCCN(Cc1cccc(OC2(C(=O)OC)CC2)c1)C(=O)CCl. The van der Waals surface area contributed by atoms with Crippen molar-refractivity contribution in [2.45, 2.75) is 44.4 Å². The molecule has 4 aromatic rings. The van der Waals surface area contributed by atoms with Gasteiger partial charge in [-0.1, -0.05) is 30.3 Å². The molecule has 5 rings (SSSR count). The molecule has 11 heteroatoms. The van der Waals surface area contributed by atoms with Crippen molar-refractivity contribution in [2.75, 3.05) is 39.0 Å². The van der Waals surface area contributed by atoms with Gasteiger partial charge in [0.05, 0.1) is 24.8 Å². The Balaban J connectivity index is 1.35. The van der Waals surface area contributed by atoms with Crippen molar-refractivity contribution in [1.82, 2.24) is 19.4 Å². The van der Waals surface area contributed by atoms with Crippen LogP contribution < -0.4 is 10.5 Å². The monoisotopic (exact) mass is 579 g/mol. The maximum absolute atomic E-state index is 12.8. The normalized spacial score (nSPS) is 13.8. The molecule has 1 aliphatic carbocycles. The number of amides is 1. The average Bonchev–Trinajstić information content (AvgIpc) is 3.67. The topological polar surface area (TPSA) is 122 Å². The number of hydrogen-bond donors (Lipinski definition) is 1. The van der Waals surface area contributed by atoms with Gasteiger partial charge in [-0.2, -0.15) is 0 Å². The summed E-state index contributed by atoms with van der Waals surface area (Å²) >= 11 is 6.00. The molecule has 2 N–H and O–H groups in total. The van der Waals surface area contributed by atoms with Crippen molar-refractivity contribution in [3.8, 4) is 5.75 Å². The molecule has 2 aromatic heterocycles. The maximum Gasteiger partial charge on any atom is 0.350 e. The van der Waals surface area contributed by atoms with Crippen molar-refractivity contribution < 1.29 is 23.8 Å². The summed E-state index contributed by atoms with van der Waals surface area (Å²) < 4.78 is 18.4. The Kier molecular flexibility index (Phi) is 8.60. The van der Waals surface area contributed by atoms with Crippen molar-refractivity contribution in [1.29, 1.82) is 0 Å². The Morgan fingerprint density at radius 3 is 2.66 bits per heavy atom. The van der Waals surface area contributed by atoms with E-state index in [2.05, 4.69) is 9.55 Å². The molecule has 1 saturated carbocycles. The minimum absolute atomic E-state index is 0.123. The van der Waals surface area contributed by atoms with Gasteiger partial charge in [0.25, 0.3) is 0 Å². The first-order chi connectivity index (χ1) is 19.9. The number of rotatable bonds is 13. The number of fused-ring (bicyclic) bond motifs is 3. The fourth-order valence-electron chi connectivity index (χ4n) is 5.13. The predicted octanol–water partition coefficient (Wildman–Crippen LogP) is 4.10. The van der Waals surface area contributed by atoms with Crippen LogP contribution in [0.3, 0.4) is 0 Å². The highest BCUT2D eigenvalue weighted by Crippen LogP contribution is 2.41. The summed E-state index contributed by atoms with van der Waals surface area (Å²) in [5.74, 6) is 1.14. The summed E-state index contributed by atoms with van der Waals surface area (Å²) in [7, 11) is 3.02. The molecule has 0 aliphatic heterocycles. The Bertz CT molecular complexity index is 1570. The number of carbonyl (C=O) groups excluding carboxylic acids is 2.